The summed E-state index contributed by atoms with van der Waals surface area (Å²) in [7, 11) is 1.59. The third-order valence-corrected chi connectivity index (χ3v) is 4.18. The Morgan fingerprint density at radius 3 is 2.68 bits per heavy atom. The van der Waals surface area contributed by atoms with Crippen molar-refractivity contribution < 1.29 is 14.3 Å². The molecule has 0 bridgehead atoms. The van der Waals surface area contributed by atoms with Crippen LogP contribution in [0.4, 0.5) is 5.69 Å². The Morgan fingerprint density at radius 2 is 1.96 bits per heavy atom. The monoisotopic (exact) mass is 381 g/mol. The number of hydrogen-bond donors (Lipinski definition) is 1. The first-order valence-electron chi connectivity index (χ1n) is 8.06. The molecule has 1 N–H and O–H groups in total. The van der Waals surface area contributed by atoms with Crippen LogP contribution in [0, 0.1) is 0 Å². The lowest BCUT2D eigenvalue weighted by atomic mass is 10.1. The Morgan fingerprint density at radius 1 is 1.16 bits per heavy atom. The zero-order chi connectivity index (χ0) is 18.2. The second kappa shape index (κ2) is 9.66. The fourth-order valence-electron chi connectivity index (χ4n) is 2.25. The number of methoxy groups -OCH3 is 1. The molecule has 0 spiro atoms. The van der Waals surface area contributed by atoms with E-state index in [9.17, 15) is 4.79 Å². The van der Waals surface area contributed by atoms with Gasteiger partial charge in [-0.1, -0.05) is 36.5 Å². The lowest BCUT2D eigenvalue weighted by Gasteiger charge is -2.12. The van der Waals surface area contributed by atoms with E-state index in [4.69, 9.17) is 32.7 Å². The minimum Gasteiger partial charge on any atom is -0.496 e. The van der Waals surface area contributed by atoms with Gasteiger partial charge in [-0.25, -0.2) is 0 Å². The Kier molecular flexibility index (Phi) is 7.56. The van der Waals surface area contributed by atoms with Crippen LogP contribution in [-0.4, -0.2) is 19.6 Å². The molecule has 0 radical (unpaired) electrons. The first kappa shape index (κ1) is 19.6. The van der Waals surface area contributed by atoms with Gasteiger partial charge in [0, 0.05) is 22.8 Å². The fraction of sp³-hybridized carbons (Fsp3) is 0.316. The third kappa shape index (κ3) is 5.63. The van der Waals surface area contributed by atoms with Crippen molar-refractivity contribution in [2.45, 2.75) is 26.4 Å². The number of amides is 1. The summed E-state index contributed by atoms with van der Waals surface area (Å²) in [5.41, 5.74) is 1.78. The highest BCUT2D eigenvalue weighted by atomic mass is 35.5. The highest BCUT2D eigenvalue weighted by Crippen LogP contribution is 2.27. The Balaban J connectivity index is 2.14. The second-order valence-corrected chi connectivity index (χ2v) is 6.35. The molecule has 0 aliphatic rings. The summed E-state index contributed by atoms with van der Waals surface area (Å²) in [4.78, 5) is 12.5. The van der Waals surface area contributed by atoms with Crippen molar-refractivity contribution in [3.63, 3.8) is 0 Å². The molecule has 2 aromatic rings. The van der Waals surface area contributed by atoms with Gasteiger partial charge in [-0.3, -0.25) is 4.79 Å². The molecule has 0 atom stereocenters. The summed E-state index contributed by atoms with van der Waals surface area (Å²) >= 11 is 12.0. The molecule has 0 saturated carbocycles. The average molecular weight is 382 g/mol. The summed E-state index contributed by atoms with van der Waals surface area (Å²) in [5.74, 6) is 0.412. The van der Waals surface area contributed by atoms with E-state index in [1.54, 1.807) is 43.5 Å². The van der Waals surface area contributed by atoms with E-state index in [-0.39, 0.29) is 5.91 Å². The molecule has 2 rings (SSSR count). The largest absolute Gasteiger partial charge is 0.496 e. The van der Waals surface area contributed by atoms with Crippen LogP contribution >= 0.6 is 23.2 Å². The van der Waals surface area contributed by atoms with E-state index in [1.165, 1.54) is 0 Å². The molecule has 0 aromatic heterocycles. The molecule has 0 aliphatic carbocycles. The van der Waals surface area contributed by atoms with Crippen molar-refractivity contribution in [1.29, 1.82) is 0 Å². The number of nitrogens with one attached hydrogen (secondary N) is 1. The molecule has 0 unspecified atom stereocenters. The van der Waals surface area contributed by atoms with Gasteiger partial charge in [0.2, 0.25) is 0 Å². The van der Waals surface area contributed by atoms with Crippen LogP contribution in [0.3, 0.4) is 0 Å². The standard InChI is InChI=1S/C19H21Cl2NO3/c1-3-4-9-25-12-14-10-13(5-8-18(14)24-2)19(23)22-17-11-15(20)6-7-16(17)21/h5-8,10-11H,3-4,9,12H2,1-2H3,(H,22,23). The van der Waals surface area contributed by atoms with Crippen LogP contribution in [-0.2, 0) is 11.3 Å². The van der Waals surface area contributed by atoms with Crippen molar-refractivity contribution in [1.82, 2.24) is 0 Å². The van der Waals surface area contributed by atoms with Crippen LogP contribution in [0.5, 0.6) is 5.75 Å². The van der Waals surface area contributed by atoms with Crippen molar-refractivity contribution in [3.8, 4) is 5.75 Å². The van der Waals surface area contributed by atoms with E-state index in [0.717, 1.165) is 18.4 Å². The summed E-state index contributed by atoms with van der Waals surface area (Å²) in [6.07, 6.45) is 2.07. The van der Waals surface area contributed by atoms with Crippen LogP contribution in [0.25, 0.3) is 0 Å². The number of benzene rings is 2. The van der Waals surface area contributed by atoms with Crippen molar-refractivity contribution >= 4 is 34.8 Å². The Bertz CT molecular complexity index is 735. The quantitative estimate of drug-likeness (QED) is 0.607. The van der Waals surface area contributed by atoms with Crippen LogP contribution < -0.4 is 10.1 Å². The molecule has 6 heteroatoms. The molecule has 0 heterocycles. The van der Waals surface area contributed by atoms with Gasteiger partial charge >= 0.3 is 0 Å². The number of carbonyl (C=O) groups is 1. The normalized spacial score (nSPS) is 10.6. The van der Waals surface area contributed by atoms with Gasteiger partial charge in [-0.15, -0.1) is 0 Å². The van der Waals surface area contributed by atoms with Crippen LogP contribution in [0.15, 0.2) is 36.4 Å². The van der Waals surface area contributed by atoms with Gasteiger partial charge in [0.1, 0.15) is 5.75 Å². The fourth-order valence-corrected chi connectivity index (χ4v) is 2.59. The van der Waals surface area contributed by atoms with Gasteiger partial charge < -0.3 is 14.8 Å². The minimum atomic E-state index is -0.276. The smallest absolute Gasteiger partial charge is 0.255 e. The molecule has 4 nitrogen and oxygen atoms in total. The molecule has 0 saturated heterocycles. The molecule has 0 aliphatic heterocycles. The maximum absolute atomic E-state index is 12.5. The molecule has 1 amide bonds. The number of unbranched alkanes of at least 4 members (excludes halogenated alkanes) is 1. The predicted octanol–water partition coefficient (Wildman–Crippen LogP) is 5.57. The van der Waals surface area contributed by atoms with E-state index >= 15 is 0 Å². The SMILES string of the molecule is CCCCOCc1cc(C(=O)Nc2cc(Cl)ccc2Cl)ccc1OC. The highest BCUT2D eigenvalue weighted by molar-refractivity contribution is 6.35. The van der Waals surface area contributed by atoms with Gasteiger partial charge in [-0.05, 0) is 42.8 Å². The van der Waals surface area contributed by atoms with Gasteiger partial charge in [0.05, 0.1) is 24.4 Å². The summed E-state index contributed by atoms with van der Waals surface area (Å²) in [5, 5.41) is 3.70. The first-order valence-corrected chi connectivity index (χ1v) is 8.81. The molecule has 2 aromatic carbocycles. The minimum absolute atomic E-state index is 0.276. The van der Waals surface area contributed by atoms with Gasteiger partial charge in [0.15, 0.2) is 0 Å². The third-order valence-electron chi connectivity index (χ3n) is 3.62. The average Bonchev–Trinajstić information content (AvgIpc) is 2.61. The first-order chi connectivity index (χ1) is 12.0. The van der Waals surface area contributed by atoms with Crippen molar-refractivity contribution in [3.05, 3.63) is 57.6 Å². The zero-order valence-electron chi connectivity index (χ0n) is 14.3. The van der Waals surface area contributed by atoms with E-state index in [0.29, 0.717) is 40.3 Å². The number of ether oxygens (including phenoxy) is 2. The van der Waals surface area contributed by atoms with Gasteiger partial charge in [0.25, 0.3) is 5.91 Å². The number of anilines is 1. The number of halogens is 2. The molecular weight excluding hydrogens is 361 g/mol. The molecule has 25 heavy (non-hydrogen) atoms. The Hall–Kier alpha value is -1.75. The van der Waals surface area contributed by atoms with Gasteiger partial charge in [-0.2, -0.15) is 0 Å². The summed E-state index contributed by atoms with van der Waals surface area (Å²) in [6.45, 7) is 3.17. The van der Waals surface area contributed by atoms with E-state index in [2.05, 4.69) is 12.2 Å². The van der Waals surface area contributed by atoms with Crippen LogP contribution in [0.2, 0.25) is 10.0 Å². The van der Waals surface area contributed by atoms with Crippen molar-refractivity contribution in [2.75, 3.05) is 19.0 Å². The number of hydrogen-bond acceptors (Lipinski definition) is 3. The molecule has 0 fully saturated rings. The van der Waals surface area contributed by atoms with Crippen molar-refractivity contribution in [2.24, 2.45) is 0 Å². The lowest BCUT2D eigenvalue weighted by molar-refractivity contribution is 0.102. The second-order valence-electron chi connectivity index (χ2n) is 5.51. The summed E-state index contributed by atoms with van der Waals surface area (Å²) in [6, 6.07) is 10.1. The molecule has 134 valence electrons. The maximum Gasteiger partial charge on any atom is 0.255 e. The zero-order valence-corrected chi connectivity index (χ0v) is 15.8. The highest BCUT2D eigenvalue weighted by Gasteiger charge is 2.12. The summed E-state index contributed by atoms with van der Waals surface area (Å²) < 4.78 is 11.0. The number of carbonyl (C=O) groups excluding carboxylic acids is 1. The number of rotatable bonds is 8. The predicted molar refractivity (Wildman–Crippen MR) is 102 cm³/mol. The van der Waals surface area contributed by atoms with E-state index in [1.807, 2.05) is 0 Å². The Labute approximate surface area is 158 Å². The topological polar surface area (TPSA) is 47.6 Å². The lowest BCUT2D eigenvalue weighted by Crippen LogP contribution is -2.13. The molecular formula is C19H21Cl2NO3. The maximum atomic E-state index is 12.5. The van der Waals surface area contributed by atoms with Crippen LogP contribution in [0.1, 0.15) is 35.7 Å². The van der Waals surface area contributed by atoms with E-state index < -0.39 is 0 Å².